The molecule has 1 saturated heterocycles. The van der Waals surface area contributed by atoms with E-state index in [1.165, 1.54) is 4.31 Å². The minimum atomic E-state index is -3.95. The van der Waals surface area contributed by atoms with Crippen molar-refractivity contribution < 1.29 is 17.2 Å². The minimum absolute atomic E-state index is 0.138. The molecule has 0 atom stereocenters. The van der Waals surface area contributed by atoms with E-state index in [-0.39, 0.29) is 6.04 Å². The molecule has 1 aliphatic heterocycles. The Morgan fingerprint density at radius 2 is 1.95 bits per heavy atom. The van der Waals surface area contributed by atoms with Crippen LogP contribution in [0.15, 0.2) is 23.1 Å². The van der Waals surface area contributed by atoms with Crippen LogP contribution in [-0.2, 0) is 10.0 Å². The van der Waals surface area contributed by atoms with E-state index in [4.69, 9.17) is 0 Å². The van der Waals surface area contributed by atoms with Crippen LogP contribution in [0.25, 0.3) is 0 Å². The predicted molar refractivity (Wildman–Crippen MR) is 76.4 cm³/mol. The van der Waals surface area contributed by atoms with Crippen LogP contribution in [0, 0.1) is 11.6 Å². The highest BCUT2D eigenvalue weighted by Crippen LogP contribution is 2.25. The van der Waals surface area contributed by atoms with Gasteiger partial charge in [-0.05, 0) is 44.5 Å². The molecule has 1 aromatic rings. The van der Waals surface area contributed by atoms with E-state index in [1.807, 2.05) is 6.92 Å². The Balaban J connectivity index is 2.36. The maximum Gasteiger partial charge on any atom is 0.246 e. The zero-order valence-corrected chi connectivity index (χ0v) is 12.8. The number of piperidine rings is 1. The Kier molecular flexibility index (Phi) is 5.29. The monoisotopic (exact) mass is 318 g/mol. The van der Waals surface area contributed by atoms with Crippen LogP contribution >= 0.6 is 0 Å². The summed E-state index contributed by atoms with van der Waals surface area (Å²) in [7, 11) is -3.95. The number of nitrogens with one attached hydrogen (secondary N) is 1. The molecule has 7 heteroatoms. The van der Waals surface area contributed by atoms with Gasteiger partial charge in [0.25, 0.3) is 0 Å². The standard InChI is InChI=1S/C14H20F2N2O2S/c1-2-9-18(12-5-7-17-8-6-12)21(19,20)14-4-3-11(15)10-13(14)16/h3-4,10,12,17H,2,5-9H2,1H3. The Morgan fingerprint density at radius 3 is 2.52 bits per heavy atom. The molecule has 0 aromatic heterocycles. The lowest BCUT2D eigenvalue weighted by molar-refractivity contribution is 0.261. The maximum atomic E-state index is 13.9. The van der Waals surface area contributed by atoms with E-state index < -0.39 is 26.6 Å². The Labute approximate surface area is 124 Å². The topological polar surface area (TPSA) is 49.4 Å². The highest BCUT2D eigenvalue weighted by molar-refractivity contribution is 7.89. The fourth-order valence-electron chi connectivity index (χ4n) is 2.62. The first-order chi connectivity index (χ1) is 9.96. The van der Waals surface area contributed by atoms with Crippen LogP contribution in [0.5, 0.6) is 0 Å². The SMILES string of the molecule is CCCN(C1CCNCC1)S(=O)(=O)c1ccc(F)cc1F. The van der Waals surface area contributed by atoms with Crippen LogP contribution in [0.2, 0.25) is 0 Å². The molecule has 0 spiro atoms. The van der Waals surface area contributed by atoms with Gasteiger partial charge in [0.1, 0.15) is 16.5 Å². The molecular weight excluding hydrogens is 298 g/mol. The summed E-state index contributed by atoms with van der Waals surface area (Å²) in [5, 5.41) is 3.18. The van der Waals surface area contributed by atoms with Crippen molar-refractivity contribution in [3.63, 3.8) is 0 Å². The van der Waals surface area contributed by atoms with Gasteiger partial charge in [-0.2, -0.15) is 4.31 Å². The van der Waals surface area contributed by atoms with Gasteiger partial charge in [-0.15, -0.1) is 0 Å². The van der Waals surface area contributed by atoms with E-state index in [0.29, 0.717) is 31.9 Å². The highest BCUT2D eigenvalue weighted by Gasteiger charge is 2.33. The first-order valence-electron chi connectivity index (χ1n) is 7.14. The van der Waals surface area contributed by atoms with E-state index >= 15 is 0 Å². The number of benzene rings is 1. The van der Waals surface area contributed by atoms with Gasteiger partial charge in [-0.25, -0.2) is 17.2 Å². The second-order valence-corrected chi connectivity index (χ2v) is 7.03. The van der Waals surface area contributed by atoms with Crippen LogP contribution in [-0.4, -0.2) is 38.4 Å². The van der Waals surface area contributed by atoms with Crippen LogP contribution < -0.4 is 5.32 Å². The molecule has 2 rings (SSSR count). The molecule has 0 radical (unpaired) electrons. The van der Waals surface area contributed by atoms with Gasteiger partial charge < -0.3 is 5.32 Å². The van der Waals surface area contributed by atoms with Gasteiger partial charge in [-0.1, -0.05) is 6.92 Å². The second-order valence-electron chi connectivity index (χ2n) is 5.17. The molecule has 118 valence electrons. The quantitative estimate of drug-likeness (QED) is 0.905. The third kappa shape index (κ3) is 3.59. The van der Waals surface area contributed by atoms with Gasteiger partial charge in [-0.3, -0.25) is 0 Å². The molecule has 0 saturated carbocycles. The number of hydrogen-bond acceptors (Lipinski definition) is 3. The van der Waals surface area contributed by atoms with Crippen molar-refractivity contribution in [1.29, 1.82) is 0 Å². The molecule has 4 nitrogen and oxygen atoms in total. The average molecular weight is 318 g/mol. The van der Waals surface area contributed by atoms with E-state index in [2.05, 4.69) is 5.32 Å². The van der Waals surface area contributed by atoms with Gasteiger partial charge in [0.2, 0.25) is 10.0 Å². The number of nitrogens with zero attached hydrogens (tertiary/aromatic N) is 1. The Hall–Kier alpha value is -1.05. The van der Waals surface area contributed by atoms with Crippen molar-refractivity contribution in [3.05, 3.63) is 29.8 Å². The summed E-state index contributed by atoms with van der Waals surface area (Å²) in [5.41, 5.74) is 0. The van der Waals surface area contributed by atoms with Crippen molar-refractivity contribution in [2.45, 2.75) is 37.1 Å². The second kappa shape index (κ2) is 6.81. The molecule has 1 heterocycles. The van der Waals surface area contributed by atoms with Crippen molar-refractivity contribution in [2.24, 2.45) is 0 Å². The first kappa shape index (κ1) is 16.3. The van der Waals surface area contributed by atoms with Gasteiger partial charge in [0.15, 0.2) is 0 Å². The Bertz CT molecular complexity index is 587. The van der Waals surface area contributed by atoms with Gasteiger partial charge in [0, 0.05) is 18.7 Å². The van der Waals surface area contributed by atoms with E-state index in [0.717, 1.165) is 25.2 Å². The first-order valence-corrected chi connectivity index (χ1v) is 8.58. The molecule has 1 aliphatic rings. The highest BCUT2D eigenvalue weighted by atomic mass is 32.2. The minimum Gasteiger partial charge on any atom is -0.317 e. The largest absolute Gasteiger partial charge is 0.317 e. The summed E-state index contributed by atoms with van der Waals surface area (Å²) < 4.78 is 53.6. The van der Waals surface area contributed by atoms with Crippen molar-refractivity contribution in [2.75, 3.05) is 19.6 Å². The van der Waals surface area contributed by atoms with E-state index in [1.54, 1.807) is 0 Å². The fraction of sp³-hybridized carbons (Fsp3) is 0.571. The molecular formula is C14H20F2N2O2S. The molecule has 1 N–H and O–H groups in total. The third-order valence-corrected chi connectivity index (χ3v) is 5.63. The maximum absolute atomic E-state index is 13.9. The summed E-state index contributed by atoms with van der Waals surface area (Å²) in [5.74, 6) is -1.82. The van der Waals surface area contributed by atoms with Gasteiger partial charge in [0.05, 0.1) is 0 Å². The smallest absolute Gasteiger partial charge is 0.246 e. The average Bonchev–Trinajstić information content (AvgIpc) is 2.45. The fourth-order valence-corrected chi connectivity index (χ4v) is 4.45. The molecule has 0 amide bonds. The molecule has 1 aromatic carbocycles. The number of halogens is 2. The number of hydrogen-bond donors (Lipinski definition) is 1. The zero-order valence-electron chi connectivity index (χ0n) is 12.0. The normalized spacial score (nSPS) is 17.3. The molecule has 1 fully saturated rings. The van der Waals surface area contributed by atoms with Crippen LogP contribution in [0.3, 0.4) is 0 Å². The predicted octanol–water partition coefficient (Wildman–Crippen LogP) is 2.12. The third-order valence-electron chi connectivity index (χ3n) is 3.64. The van der Waals surface area contributed by atoms with Crippen molar-refractivity contribution >= 4 is 10.0 Å². The molecule has 0 unspecified atom stereocenters. The summed E-state index contributed by atoms with van der Waals surface area (Å²) in [6, 6.07) is 2.45. The molecule has 0 aliphatic carbocycles. The molecule has 21 heavy (non-hydrogen) atoms. The summed E-state index contributed by atoms with van der Waals surface area (Å²) >= 11 is 0. The lowest BCUT2D eigenvalue weighted by Crippen LogP contribution is -2.46. The number of rotatable bonds is 5. The lowest BCUT2D eigenvalue weighted by atomic mass is 10.1. The van der Waals surface area contributed by atoms with Crippen LogP contribution in [0.1, 0.15) is 26.2 Å². The summed E-state index contributed by atoms with van der Waals surface area (Å²) in [6.07, 6.45) is 2.04. The number of sulfonamides is 1. The molecule has 0 bridgehead atoms. The van der Waals surface area contributed by atoms with Crippen LogP contribution in [0.4, 0.5) is 8.78 Å². The van der Waals surface area contributed by atoms with Gasteiger partial charge >= 0.3 is 0 Å². The van der Waals surface area contributed by atoms with E-state index in [9.17, 15) is 17.2 Å². The van der Waals surface area contributed by atoms with Crippen molar-refractivity contribution in [1.82, 2.24) is 9.62 Å². The summed E-state index contributed by atoms with van der Waals surface area (Å²) in [6.45, 7) is 3.70. The summed E-state index contributed by atoms with van der Waals surface area (Å²) in [4.78, 5) is -0.448. The lowest BCUT2D eigenvalue weighted by Gasteiger charge is -2.33. The zero-order chi connectivity index (χ0) is 15.5. The Morgan fingerprint density at radius 1 is 1.29 bits per heavy atom. The van der Waals surface area contributed by atoms with Crippen molar-refractivity contribution in [3.8, 4) is 0 Å².